The van der Waals surface area contributed by atoms with E-state index in [1.165, 1.54) is 0 Å². The molecule has 16 heavy (non-hydrogen) atoms. The van der Waals surface area contributed by atoms with Crippen molar-refractivity contribution in [3.05, 3.63) is 24.4 Å². The molecule has 5 nitrogen and oxygen atoms in total. The summed E-state index contributed by atoms with van der Waals surface area (Å²) in [4.78, 5) is 17.7. The zero-order valence-corrected chi connectivity index (χ0v) is 9.04. The van der Waals surface area contributed by atoms with E-state index in [-0.39, 0.29) is 18.6 Å². The number of amidine groups is 1. The topological polar surface area (TPSA) is 62.1 Å². The van der Waals surface area contributed by atoms with Crippen molar-refractivity contribution >= 4 is 11.8 Å². The summed E-state index contributed by atoms with van der Waals surface area (Å²) in [6.45, 7) is 1.94. The van der Waals surface area contributed by atoms with Crippen LogP contribution in [-0.4, -0.2) is 47.1 Å². The van der Waals surface area contributed by atoms with Crippen LogP contribution in [0, 0.1) is 0 Å². The third-order valence-corrected chi connectivity index (χ3v) is 2.58. The molecule has 0 amide bonds. The maximum Gasteiger partial charge on any atom is 0.333 e. The molecule has 5 heteroatoms. The van der Waals surface area contributed by atoms with Crippen LogP contribution in [0.5, 0.6) is 0 Å². The van der Waals surface area contributed by atoms with Gasteiger partial charge >= 0.3 is 5.97 Å². The van der Waals surface area contributed by atoms with Crippen molar-refractivity contribution in [1.82, 2.24) is 4.90 Å². The van der Waals surface area contributed by atoms with E-state index in [4.69, 9.17) is 4.74 Å². The Hall–Kier alpha value is -1.62. The highest BCUT2D eigenvalue weighted by Crippen LogP contribution is 2.22. The van der Waals surface area contributed by atoms with Gasteiger partial charge in [-0.3, -0.25) is 4.99 Å². The number of fused-ring (bicyclic) bond motifs is 1. The molecule has 0 aromatic heterocycles. The van der Waals surface area contributed by atoms with Crippen molar-refractivity contribution in [2.45, 2.75) is 19.0 Å². The van der Waals surface area contributed by atoms with E-state index in [2.05, 4.69) is 4.99 Å². The van der Waals surface area contributed by atoms with Crippen molar-refractivity contribution in [3.63, 3.8) is 0 Å². The van der Waals surface area contributed by atoms with Crippen LogP contribution >= 0.6 is 0 Å². The fourth-order valence-corrected chi connectivity index (χ4v) is 1.84. The molecule has 2 rings (SSSR count). The van der Waals surface area contributed by atoms with Crippen LogP contribution in [0.25, 0.3) is 0 Å². The number of aliphatic imine (C=N–C) groups is 1. The van der Waals surface area contributed by atoms with Crippen molar-refractivity contribution in [2.24, 2.45) is 4.99 Å². The van der Waals surface area contributed by atoms with Crippen LogP contribution < -0.4 is 0 Å². The van der Waals surface area contributed by atoms with E-state index >= 15 is 0 Å². The molecule has 0 aromatic rings. The van der Waals surface area contributed by atoms with Gasteiger partial charge in [-0.15, -0.1) is 0 Å². The molecule has 0 saturated carbocycles. The van der Waals surface area contributed by atoms with Gasteiger partial charge in [-0.05, 0) is 19.1 Å². The summed E-state index contributed by atoms with van der Waals surface area (Å²) in [6.07, 6.45) is 7.30. The SMILES string of the molecule is CCOC(=O)C1N=C2C=CC=CN2C1CO. The summed E-state index contributed by atoms with van der Waals surface area (Å²) in [5.74, 6) is 0.310. The van der Waals surface area contributed by atoms with Gasteiger partial charge in [0, 0.05) is 6.20 Å². The summed E-state index contributed by atoms with van der Waals surface area (Å²) < 4.78 is 4.93. The summed E-state index contributed by atoms with van der Waals surface area (Å²) in [6, 6.07) is -0.984. The van der Waals surface area contributed by atoms with Gasteiger partial charge in [-0.2, -0.15) is 0 Å². The molecular weight excluding hydrogens is 208 g/mol. The largest absolute Gasteiger partial charge is 0.464 e. The fourth-order valence-electron chi connectivity index (χ4n) is 1.84. The van der Waals surface area contributed by atoms with E-state index < -0.39 is 6.04 Å². The fraction of sp³-hybridized carbons (Fsp3) is 0.455. The Balaban J connectivity index is 2.20. The molecule has 1 N–H and O–H groups in total. The Bertz CT molecular complexity index is 373. The Labute approximate surface area is 93.7 Å². The van der Waals surface area contributed by atoms with Crippen LogP contribution in [0.4, 0.5) is 0 Å². The van der Waals surface area contributed by atoms with Gasteiger partial charge < -0.3 is 14.7 Å². The van der Waals surface area contributed by atoms with E-state index in [1.54, 1.807) is 18.0 Å². The Morgan fingerprint density at radius 1 is 1.62 bits per heavy atom. The molecule has 86 valence electrons. The highest BCUT2D eigenvalue weighted by molar-refractivity contribution is 5.99. The summed E-state index contributed by atoms with van der Waals surface area (Å²) in [5, 5.41) is 9.31. The maximum absolute atomic E-state index is 11.6. The molecule has 2 heterocycles. The monoisotopic (exact) mass is 222 g/mol. The maximum atomic E-state index is 11.6. The first-order chi connectivity index (χ1) is 7.77. The molecule has 2 aliphatic heterocycles. The second-order valence-corrected chi connectivity index (χ2v) is 3.54. The lowest BCUT2D eigenvalue weighted by Gasteiger charge is -2.25. The van der Waals surface area contributed by atoms with Crippen LogP contribution in [0.15, 0.2) is 29.4 Å². The molecule has 2 aliphatic rings. The molecule has 2 unspecified atom stereocenters. The predicted octanol–water partition coefficient (Wildman–Crippen LogP) is 0.0766. The van der Waals surface area contributed by atoms with Crippen LogP contribution in [0.1, 0.15) is 6.92 Å². The van der Waals surface area contributed by atoms with Gasteiger partial charge in [-0.25, -0.2) is 4.79 Å². The first kappa shape index (κ1) is 10.9. The van der Waals surface area contributed by atoms with Crippen LogP contribution in [0.2, 0.25) is 0 Å². The lowest BCUT2D eigenvalue weighted by molar-refractivity contribution is -0.145. The molecular formula is C11H14N2O3. The second-order valence-electron chi connectivity index (χ2n) is 3.54. The Morgan fingerprint density at radius 3 is 3.12 bits per heavy atom. The van der Waals surface area contributed by atoms with Gasteiger partial charge in [0.15, 0.2) is 6.04 Å². The van der Waals surface area contributed by atoms with Crippen LogP contribution in [-0.2, 0) is 9.53 Å². The van der Waals surface area contributed by atoms with Crippen molar-refractivity contribution in [1.29, 1.82) is 0 Å². The quantitative estimate of drug-likeness (QED) is 0.687. The van der Waals surface area contributed by atoms with E-state index in [9.17, 15) is 9.90 Å². The van der Waals surface area contributed by atoms with Crippen LogP contribution in [0.3, 0.4) is 0 Å². The molecule has 0 spiro atoms. The molecule has 0 aliphatic carbocycles. The molecule has 0 aromatic carbocycles. The number of allylic oxidation sites excluding steroid dienone is 2. The molecule has 0 bridgehead atoms. The summed E-state index contributed by atoms with van der Waals surface area (Å²) in [7, 11) is 0. The minimum absolute atomic E-state index is 0.130. The molecule has 0 saturated heterocycles. The number of ether oxygens (including phenoxy) is 1. The number of hydrogen-bond donors (Lipinski definition) is 1. The van der Waals surface area contributed by atoms with E-state index in [1.807, 2.05) is 18.2 Å². The predicted molar refractivity (Wildman–Crippen MR) is 58.8 cm³/mol. The zero-order chi connectivity index (χ0) is 11.5. The number of esters is 1. The van der Waals surface area contributed by atoms with Crippen molar-refractivity contribution in [2.75, 3.05) is 13.2 Å². The number of aliphatic hydroxyl groups excluding tert-OH is 1. The highest BCUT2D eigenvalue weighted by Gasteiger charge is 2.39. The van der Waals surface area contributed by atoms with E-state index in [0.717, 1.165) is 0 Å². The lowest BCUT2D eigenvalue weighted by Crippen LogP contribution is -2.42. The Morgan fingerprint density at radius 2 is 2.44 bits per heavy atom. The number of aliphatic hydroxyl groups is 1. The standard InChI is InChI=1S/C11H14N2O3/c1-2-16-11(15)10-8(7-14)13-6-4-3-5-9(13)12-10/h3-6,8,10,14H,2,7H2,1H3. The van der Waals surface area contributed by atoms with Crippen molar-refractivity contribution in [3.8, 4) is 0 Å². The minimum atomic E-state index is -0.632. The van der Waals surface area contributed by atoms with E-state index in [0.29, 0.717) is 12.4 Å². The summed E-state index contributed by atoms with van der Waals surface area (Å²) >= 11 is 0. The molecule has 2 atom stereocenters. The minimum Gasteiger partial charge on any atom is -0.464 e. The third kappa shape index (κ3) is 1.74. The second kappa shape index (κ2) is 4.49. The third-order valence-electron chi connectivity index (χ3n) is 2.58. The Kier molecular flexibility index (Phi) is 3.05. The van der Waals surface area contributed by atoms with Gasteiger partial charge in [0.1, 0.15) is 5.84 Å². The van der Waals surface area contributed by atoms with Gasteiger partial charge in [0.25, 0.3) is 0 Å². The zero-order valence-electron chi connectivity index (χ0n) is 9.04. The number of carbonyl (C=O) groups is 1. The average molecular weight is 222 g/mol. The lowest BCUT2D eigenvalue weighted by atomic mass is 10.1. The van der Waals surface area contributed by atoms with Gasteiger partial charge in [0.05, 0.1) is 19.3 Å². The number of carbonyl (C=O) groups excluding carboxylic acids is 1. The smallest absolute Gasteiger partial charge is 0.333 e. The molecule has 0 radical (unpaired) electrons. The number of nitrogens with zero attached hydrogens (tertiary/aromatic N) is 2. The average Bonchev–Trinajstić information content (AvgIpc) is 2.67. The number of hydrogen-bond acceptors (Lipinski definition) is 5. The summed E-state index contributed by atoms with van der Waals surface area (Å²) in [5.41, 5.74) is 0. The highest BCUT2D eigenvalue weighted by atomic mass is 16.5. The normalized spacial score (nSPS) is 26.6. The number of rotatable bonds is 3. The molecule has 0 fully saturated rings. The first-order valence-electron chi connectivity index (χ1n) is 5.26. The van der Waals surface area contributed by atoms with Gasteiger partial charge in [0.2, 0.25) is 0 Å². The first-order valence-corrected chi connectivity index (χ1v) is 5.26. The van der Waals surface area contributed by atoms with Crippen molar-refractivity contribution < 1.29 is 14.6 Å². The van der Waals surface area contributed by atoms with Gasteiger partial charge in [-0.1, -0.05) is 6.08 Å².